The zero-order valence-electron chi connectivity index (χ0n) is 11.1. The summed E-state index contributed by atoms with van der Waals surface area (Å²) in [5.41, 5.74) is 0.662. The molecule has 1 aliphatic rings. The van der Waals surface area contributed by atoms with Gasteiger partial charge in [0.2, 0.25) is 10.0 Å². The van der Waals surface area contributed by atoms with Crippen molar-refractivity contribution in [2.24, 2.45) is 0 Å². The zero-order chi connectivity index (χ0) is 15.0. The number of aromatic nitrogens is 2. The summed E-state index contributed by atoms with van der Waals surface area (Å²) < 4.78 is 29.3. The molecule has 0 fully saturated rings. The molecular formula is C13H14BrN3O3S. The van der Waals surface area contributed by atoms with Crippen LogP contribution in [-0.4, -0.2) is 33.9 Å². The van der Waals surface area contributed by atoms with Gasteiger partial charge in [-0.1, -0.05) is 6.07 Å². The van der Waals surface area contributed by atoms with Crippen LogP contribution in [0.4, 0.5) is 0 Å². The van der Waals surface area contributed by atoms with Crippen LogP contribution in [0.3, 0.4) is 0 Å². The molecule has 112 valence electrons. The van der Waals surface area contributed by atoms with E-state index in [1.807, 2.05) is 10.8 Å². The molecule has 0 saturated carbocycles. The van der Waals surface area contributed by atoms with Crippen LogP contribution >= 0.6 is 15.9 Å². The van der Waals surface area contributed by atoms with Gasteiger partial charge in [-0.05, 0) is 33.6 Å². The van der Waals surface area contributed by atoms with Crippen LogP contribution in [0.5, 0.6) is 0 Å². The number of rotatable bonds is 3. The Morgan fingerprint density at radius 3 is 2.86 bits per heavy atom. The van der Waals surface area contributed by atoms with E-state index in [1.165, 1.54) is 10.4 Å². The van der Waals surface area contributed by atoms with Gasteiger partial charge in [0.05, 0.1) is 18.0 Å². The number of benzene rings is 1. The maximum absolute atomic E-state index is 12.7. The molecule has 1 aliphatic heterocycles. The Labute approximate surface area is 131 Å². The molecule has 21 heavy (non-hydrogen) atoms. The summed E-state index contributed by atoms with van der Waals surface area (Å²) >= 11 is 3.28. The van der Waals surface area contributed by atoms with Crippen molar-refractivity contribution < 1.29 is 13.5 Å². The molecule has 1 N–H and O–H groups in total. The van der Waals surface area contributed by atoms with E-state index >= 15 is 0 Å². The number of hydrogen-bond acceptors (Lipinski definition) is 4. The van der Waals surface area contributed by atoms with Gasteiger partial charge in [-0.15, -0.1) is 0 Å². The van der Waals surface area contributed by atoms with Crippen molar-refractivity contribution in [2.45, 2.75) is 24.6 Å². The van der Waals surface area contributed by atoms with Crippen LogP contribution in [-0.2, 0) is 29.7 Å². The Bertz CT molecular complexity index is 773. The summed E-state index contributed by atoms with van der Waals surface area (Å²) in [6.45, 7) is 1.16. The van der Waals surface area contributed by atoms with Crippen LogP contribution in [0.1, 0.15) is 11.4 Å². The Kier molecular flexibility index (Phi) is 3.87. The van der Waals surface area contributed by atoms with Crippen molar-refractivity contribution in [3.8, 4) is 0 Å². The summed E-state index contributed by atoms with van der Waals surface area (Å²) in [4.78, 5) is 4.38. The van der Waals surface area contributed by atoms with Gasteiger partial charge in [0.1, 0.15) is 5.82 Å². The molecule has 0 amide bonds. The maximum atomic E-state index is 12.7. The largest absolute Gasteiger partial charge is 0.392 e. The first kappa shape index (κ1) is 14.7. The van der Waals surface area contributed by atoms with Crippen molar-refractivity contribution in [1.29, 1.82) is 0 Å². The molecule has 1 aromatic heterocycles. The molecule has 8 heteroatoms. The lowest BCUT2D eigenvalue weighted by Crippen LogP contribution is -2.38. The highest BCUT2D eigenvalue weighted by Gasteiger charge is 2.30. The highest BCUT2D eigenvalue weighted by atomic mass is 79.9. The fourth-order valence-corrected chi connectivity index (χ4v) is 4.82. The molecule has 0 radical (unpaired) electrons. The summed E-state index contributed by atoms with van der Waals surface area (Å²) in [5.74, 6) is 0.743. The van der Waals surface area contributed by atoms with Crippen LogP contribution in [0, 0.1) is 0 Å². The van der Waals surface area contributed by atoms with Gasteiger partial charge in [-0.2, -0.15) is 4.31 Å². The van der Waals surface area contributed by atoms with E-state index in [0.29, 0.717) is 23.1 Å². The number of imidazole rings is 1. The minimum atomic E-state index is -3.59. The van der Waals surface area contributed by atoms with Gasteiger partial charge >= 0.3 is 0 Å². The fraction of sp³-hybridized carbons (Fsp3) is 0.308. The number of aliphatic hydroxyl groups excluding tert-OH is 1. The quantitative estimate of drug-likeness (QED) is 0.883. The minimum Gasteiger partial charge on any atom is -0.392 e. The topological polar surface area (TPSA) is 75.4 Å². The van der Waals surface area contributed by atoms with Crippen molar-refractivity contribution in [3.05, 3.63) is 46.5 Å². The fourth-order valence-electron chi connectivity index (χ4n) is 2.35. The van der Waals surface area contributed by atoms with Crippen molar-refractivity contribution in [1.82, 2.24) is 13.9 Å². The Hall–Kier alpha value is -1.22. The lowest BCUT2D eigenvalue weighted by molar-refractivity contribution is 0.281. The molecule has 2 heterocycles. The van der Waals surface area contributed by atoms with Crippen LogP contribution < -0.4 is 0 Å². The first-order valence-electron chi connectivity index (χ1n) is 6.42. The first-order valence-corrected chi connectivity index (χ1v) is 8.65. The second kappa shape index (κ2) is 5.53. The van der Waals surface area contributed by atoms with Gasteiger partial charge in [0.15, 0.2) is 0 Å². The van der Waals surface area contributed by atoms with Gasteiger partial charge < -0.3 is 9.67 Å². The highest BCUT2D eigenvalue weighted by Crippen LogP contribution is 2.28. The van der Waals surface area contributed by atoms with Crippen molar-refractivity contribution in [3.63, 3.8) is 0 Å². The Morgan fingerprint density at radius 1 is 1.33 bits per heavy atom. The highest BCUT2D eigenvalue weighted by molar-refractivity contribution is 9.10. The molecule has 0 unspecified atom stereocenters. The Morgan fingerprint density at radius 2 is 2.14 bits per heavy atom. The second-order valence-electron chi connectivity index (χ2n) is 4.80. The molecule has 0 spiro atoms. The summed E-state index contributed by atoms with van der Waals surface area (Å²) in [6.07, 6.45) is 3.53. The normalized spacial score (nSPS) is 15.9. The molecule has 0 atom stereocenters. The number of hydrogen-bond donors (Lipinski definition) is 1. The summed E-state index contributed by atoms with van der Waals surface area (Å²) in [7, 11) is -3.59. The predicted octanol–water partition coefficient (Wildman–Crippen LogP) is 1.34. The van der Waals surface area contributed by atoms with Crippen LogP contribution in [0.2, 0.25) is 0 Å². The standard InChI is InChI=1S/C13H14BrN3O3S/c14-11-7-10(9-18)1-2-12(11)21(19,20)17-6-5-16-4-3-15-13(16)8-17/h1-4,7,18H,5-6,8-9H2. The lowest BCUT2D eigenvalue weighted by atomic mass is 10.2. The lowest BCUT2D eigenvalue weighted by Gasteiger charge is -2.27. The van der Waals surface area contributed by atoms with Gasteiger partial charge in [0.25, 0.3) is 0 Å². The third-order valence-electron chi connectivity index (χ3n) is 3.51. The maximum Gasteiger partial charge on any atom is 0.244 e. The van der Waals surface area contributed by atoms with E-state index in [2.05, 4.69) is 20.9 Å². The van der Waals surface area contributed by atoms with E-state index in [0.717, 1.165) is 5.82 Å². The van der Waals surface area contributed by atoms with Gasteiger partial charge in [-0.3, -0.25) is 0 Å². The van der Waals surface area contributed by atoms with Crippen LogP contribution in [0.15, 0.2) is 40.0 Å². The molecule has 1 aromatic carbocycles. The van der Waals surface area contributed by atoms with Crippen molar-refractivity contribution >= 4 is 26.0 Å². The molecule has 0 aliphatic carbocycles. The number of aliphatic hydroxyl groups is 1. The Balaban J connectivity index is 1.95. The van der Waals surface area contributed by atoms with Crippen molar-refractivity contribution in [2.75, 3.05) is 6.54 Å². The first-order chi connectivity index (χ1) is 10.0. The minimum absolute atomic E-state index is 0.125. The number of sulfonamides is 1. The van der Waals surface area contributed by atoms with E-state index in [1.54, 1.807) is 18.3 Å². The second-order valence-corrected chi connectivity index (χ2v) is 7.56. The average molecular weight is 372 g/mol. The smallest absolute Gasteiger partial charge is 0.244 e. The van der Waals surface area contributed by atoms with Gasteiger partial charge in [-0.25, -0.2) is 13.4 Å². The third kappa shape index (κ3) is 2.64. The monoisotopic (exact) mass is 371 g/mol. The molecule has 3 rings (SSSR count). The zero-order valence-corrected chi connectivity index (χ0v) is 13.5. The van der Waals surface area contributed by atoms with E-state index < -0.39 is 10.0 Å². The molecule has 0 saturated heterocycles. The molecule has 2 aromatic rings. The van der Waals surface area contributed by atoms with Gasteiger partial charge in [0, 0.05) is 30.0 Å². The predicted molar refractivity (Wildman–Crippen MR) is 79.9 cm³/mol. The average Bonchev–Trinajstić information content (AvgIpc) is 2.94. The van der Waals surface area contributed by atoms with Crippen LogP contribution in [0.25, 0.3) is 0 Å². The number of halogens is 1. The molecule has 0 bridgehead atoms. The molecule has 6 nitrogen and oxygen atoms in total. The summed E-state index contributed by atoms with van der Waals surface area (Å²) in [5, 5.41) is 9.10. The van der Waals surface area contributed by atoms with E-state index in [9.17, 15) is 8.42 Å². The summed E-state index contributed by atoms with van der Waals surface area (Å²) in [6, 6.07) is 4.76. The molecular weight excluding hydrogens is 358 g/mol. The van der Waals surface area contributed by atoms with E-state index in [-0.39, 0.29) is 18.0 Å². The van der Waals surface area contributed by atoms with E-state index in [4.69, 9.17) is 5.11 Å². The SMILES string of the molecule is O=S(=O)(c1ccc(CO)cc1Br)N1CCn2ccnc2C1. The number of nitrogens with zero attached hydrogens (tertiary/aromatic N) is 3. The third-order valence-corrected chi connectivity index (χ3v) is 6.33. The number of fused-ring (bicyclic) bond motifs is 1.